The van der Waals surface area contributed by atoms with E-state index in [1.165, 1.54) is 37.0 Å². The monoisotopic (exact) mass is 399 g/mol. The van der Waals surface area contributed by atoms with Crippen LogP contribution in [0.3, 0.4) is 0 Å². The topological polar surface area (TPSA) is 103 Å². The first-order valence-corrected chi connectivity index (χ1v) is 9.10. The Kier molecular flexibility index (Phi) is 6.18. The lowest BCUT2D eigenvalue weighted by Crippen LogP contribution is -2.19. The fraction of sp³-hybridized carbons (Fsp3) is 0.158. The second-order valence-electron chi connectivity index (χ2n) is 5.60. The van der Waals surface area contributed by atoms with Crippen LogP contribution in [-0.2, 0) is 11.2 Å². The summed E-state index contributed by atoms with van der Waals surface area (Å²) in [4.78, 5) is 28.1. The van der Waals surface area contributed by atoms with E-state index in [9.17, 15) is 9.59 Å². The molecule has 0 spiro atoms. The van der Waals surface area contributed by atoms with Gasteiger partial charge in [-0.2, -0.15) is 5.10 Å². The molecule has 3 rings (SSSR count). The van der Waals surface area contributed by atoms with Crippen LogP contribution in [0.15, 0.2) is 51.5 Å². The SMILES string of the molecule is COc1cc(/C=N\NC(=O)Cc2csc(C)n2)ccc1OC(=O)c1ccco1. The van der Waals surface area contributed by atoms with E-state index in [0.29, 0.717) is 17.0 Å². The number of methoxy groups -OCH3 is 1. The van der Waals surface area contributed by atoms with Gasteiger partial charge in [0, 0.05) is 5.38 Å². The van der Waals surface area contributed by atoms with E-state index >= 15 is 0 Å². The van der Waals surface area contributed by atoms with Crippen molar-refractivity contribution < 1.29 is 23.5 Å². The molecule has 0 bridgehead atoms. The molecular formula is C19H17N3O5S. The average molecular weight is 399 g/mol. The second kappa shape index (κ2) is 8.96. The summed E-state index contributed by atoms with van der Waals surface area (Å²) < 4.78 is 15.5. The number of furan rings is 1. The van der Waals surface area contributed by atoms with Crippen molar-refractivity contribution in [2.24, 2.45) is 5.10 Å². The van der Waals surface area contributed by atoms with Crippen molar-refractivity contribution >= 4 is 29.4 Å². The van der Waals surface area contributed by atoms with E-state index in [1.807, 2.05) is 12.3 Å². The minimum absolute atomic E-state index is 0.0886. The number of esters is 1. The molecule has 2 aromatic heterocycles. The molecule has 1 amide bonds. The average Bonchev–Trinajstić information content (AvgIpc) is 3.34. The third-order valence-corrected chi connectivity index (χ3v) is 4.35. The van der Waals surface area contributed by atoms with E-state index < -0.39 is 5.97 Å². The summed E-state index contributed by atoms with van der Waals surface area (Å²) in [5, 5.41) is 6.67. The third kappa shape index (κ3) is 5.04. The quantitative estimate of drug-likeness (QED) is 0.284. The van der Waals surface area contributed by atoms with Crippen LogP contribution in [0.4, 0.5) is 0 Å². The number of rotatable bonds is 7. The molecule has 0 aliphatic rings. The highest BCUT2D eigenvalue weighted by molar-refractivity contribution is 7.09. The van der Waals surface area contributed by atoms with Gasteiger partial charge in [0.05, 0.1) is 36.7 Å². The number of hydrogen-bond donors (Lipinski definition) is 1. The van der Waals surface area contributed by atoms with Crippen molar-refractivity contribution in [2.75, 3.05) is 7.11 Å². The van der Waals surface area contributed by atoms with Gasteiger partial charge in [-0.05, 0) is 42.8 Å². The molecule has 0 aliphatic heterocycles. The number of benzene rings is 1. The van der Waals surface area contributed by atoms with Crippen molar-refractivity contribution in [3.05, 3.63) is 64.0 Å². The number of nitrogens with zero attached hydrogens (tertiary/aromatic N) is 2. The molecule has 144 valence electrons. The number of hydrazone groups is 1. The Hall–Kier alpha value is -3.46. The lowest BCUT2D eigenvalue weighted by molar-refractivity contribution is -0.120. The van der Waals surface area contributed by atoms with E-state index in [4.69, 9.17) is 13.9 Å². The standard InChI is InChI=1S/C19H17N3O5S/c1-12-21-14(11-28-12)9-18(23)22-20-10-13-5-6-15(17(8-13)25-2)27-19(24)16-4-3-7-26-16/h3-8,10-11H,9H2,1-2H3,(H,22,23)/b20-10-. The summed E-state index contributed by atoms with van der Waals surface area (Å²) in [6, 6.07) is 7.97. The molecule has 9 heteroatoms. The molecule has 0 atom stereocenters. The molecule has 28 heavy (non-hydrogen) atoms. The van der Waals surface area contributed by atoms with Crippen molar-refractivity contribution in [1.82, 2.24) is 10.4 Å². The summed E-state index contributed by atoms with van der Waals surface area (Å²) in [5.74, 6) is -0.227. The Morgan fingerprint density at radius 1 is 1.32 bits per heavy atom. The van der Waals surface area contributed by atoms with Crippen molar-refractivity contribution in [2.45, 2.75) is 13.3 Å². The summed E-state index contributed by atoms with van der Waals surface area (Å²) >= 11 is 1.49. The van der Waals surface area contributed by atoms with Crippen LogP contribution in [0.2, 0.25) is 0 Å². The lowest BCUT2D eigenvalue weighted by Gasteiger charge is -2.09. The van der Waals surface area contributed by atoms with Crippen LogP contribution in [0.1, 0.15) is 26.8 Å². The zero-order valence-corrected chi connectivity index (χ0v) is 16.0. The Balaban J connectivity index is 1.60. The van der Waals surface area contributed by atoms with Crippen molar-refractivity contribution in [1.29, 1.82) is 0 Å². The highest BCUT2D eigenvalue weighted by Crippen LogP contribution is 2.28. The summed E-state index contributed by atoms with van der Waals surface area (Å²) in [7, 11) is 1.46. The van der Waals surface area contributed by atoms with Crippen LogP contribution in [0.5, 0.6) is 11.5 Å². The summed E-state index contributed by atoms with van der Waals surface area (Å²) in [6.45, 7) is 1.88. The van der Waals surface area contributed by atoms with Gasteiger partial charge >= 0.3 is 5.97 Å². The molecule has 0 unspecified atom stereocenters. The molecule has 1 N–H and O–H groups in total. The molecule has 3 aromatic rings. The van der Waals surface area contributed by atoms with Gasteiger partial charge in [-0.3, -0.25) is 4.79 Å². The molecule has 0 aliphatic carbocycles. The lowest BCUT2D eigenvalue weighted by atomic mass is 10.2. The first-order valence-electron chi connectivity index (χ1n) is 8.22. The van der Waals surface area contributed by atoms with Crippen molar-refractivity contribution in [3.63, 3.8) is 0 Å². The van der Waals surface area contributed by atoms with Gasteiger partial charge in [0.1, 0.15) is 0 Å². The number of nitrogens with one attached hydrogen (secondary N) is 1. The number of carbonyl (C=O) groups is 2. The third-order valence-electron chi connectivity index (χ3n) is 3.52. The number of thiazole rings is 1. The fourth-order valence-electron chi connectivity index (χ4n) is 2.27. The van der Waals surface area contributed by atoms with Crippen LogP contribution >= 0.6 is 11.3 Å². The van der Waals surface area contributed by atoms with Gasteiger partial charge < -0.3 is 13.9 Å². The van der Waals surface area contributed by atoms with E-state index in [0.717, 1.165) is 5.01 Å². The molecule has 0 saturated carbocycles. The molecular weight excluding hydrogens is 382 g/mol. The largest absolute Gasteiger partial charge is 0.493 e. The molecule has 0 saturated heterocycles. The Labute approximate surface area is 164 Å². The maximum atomic E-state index is 12.0. The van der Waals surface area contributed by atoms with Gasteiger partial charge in [0.25, 0.3) is 0 Å². The van der Waals surface area contributed by atoms with E-state index in [1.54, 1.807) is 24.3 Å². The number of ether oxygens (including phenoxy) is 2. The normalized spacial score (nSPS) is 10.8. The van der Waals surface area contributed by atoms with Gasteiger partial charge in [-0.15, -0.1) is 11.3 Å². The van der Waals surface area contributed by atoms with Crippen LogP contribution in [-0.4, -0.2) is 30.2 Å². The van der Waals surface area contributed by atoms with Gasteiger partial charge in [0.15, 0.2) is 11.5 Å². The van der Waals surface area contributed by atoms with E-state index in [2.05, 4.69) is 15.5 Å². The Bertz CT molecular complexity index is 995. The number of aromatic nitrogens is 1. The van der Waals surface area contributed by atoms with Crippen molar-refractivity contribution in [3.8, 4) is 11.5 Å². The number of amides is 1. The van der Waals surface area contributed by atoms with Gasteiger partial charge in [-0.25, -0.2) is 15.2 Å². The summed E-state index contributed by atoms with van der Waals surface area (Å²) in [5.41, 5.74) is 3.81. The second-order valence-corrected chi connectivity index (χ2v) is 6.67. The van der Waals surface area contributed by atoms with E-state index in [-0.39, 0.29) is 23.8 Å². The minimum atomic E-state index is -0.630. The zero-order valence-electron chi connectivity index (χ0n) is 15.2. The number of hydrogen-bond acceptors (Lipinski definition) is 8. The van der Waals surface area contributed by atoms with Gasteiger partial charge in [0.2, 0.25) is 11.7 Å². The zero-order chi connectivity index (χ0) is 19.9. The minimum Gasteiger partial charge on any atom is -0.493 e. The predicted molar refractivity (Wildman–Crippen MR) is 103 cm³/mol. The fourth-order valence-corrected chi connectivity index (χ4v) is 2.88. The molecule has 0 fully saturated rings. The van der Waals surface area contributed by atoms with Crippen LogP contribution in [0, 0.1) is 6.92 Å². The number of carbonyl (C=O) groups excluding carboxylic acids is 2. The highest BCUT2D eigenvalue weighted by Gasteiger charge is 2.15. The first kappa shape index (κ1) is 19.3. The molecule has 8 nitrogen and oxygen atoms in total. The Morgan fingerprint density at radius 3 is 2.86 bits per heavy atom. The number of aryl methyl sites for hydroxylation is 1. The molecule has 1 aromatic carbocycles. The maximum absolute atomic E-state index is 12.0. The van der Waals surface area contributed by atoms with Crippen LogP contribution in [0.25, 0.3) is 0 Å². The molecule has 2 heterocycles. The summed E-state index contributed by atoms with van der Waals surface area (Å²) in [6.07, 6.45) is 3.01. The molecule has 0 radical (unpaired) electrons. The van der Waals surface area contributed by atoms with Gasteiger partial charge in [-0.1, -0.05) is 0 Å². The smallest absolute Gasteiger partial charge is 0.379 e. The maximum Gasteiger partial charge on any atom is 0.379 e. The predicted octanol–water partition coefficient (Wildman–Crippen LogP) is 2.97. The first-order chi connectivity index (χ1) is 13.5. The Morgan fingerprint density at radius 2 is 2.18 bits per heavy atom. The highest BCUT2D eigenvalue weighted by atomic mass is 32.1. The van der Waals surface area contributed by atoms with Crippen LogP contribution < -0.4 is 14.9 Å².